The molecule has 0 aliphatic heterocycles. The second-order valence-corrected chi connectivity index (χ2v) is 4.84. The van der Waals surface area contributed by atoms with Gasteiger partial charge in [-0.05, 0) is 18.2 Å². The average molecular weight is 274 g/mol. The van der Waals surface area contributed by atoms with Crippen LogP contribution in [0.2, 0.25) is 0 Å². The van der Waals surface area contributed by atoms with E-state index in [2.05, 4.69) is 15.3 Å². The standard InChI is InChI=1S/C14H18N4O2/c1-9(13(19)15-2)7-18(3)14(20)10-4-5-11-12(6-10)17-8-16-11/h4-6,8-9H,7H2,1-3H3,(H,15,19)(H,16,17). The molecule has 6 heteroatoms. The summed E-state index contributed by atoms with van der Waals surface area (Å²) in [6.45, 7) is 2.17. The lowest BCUT2D eigenvalue weighted by Crippen LogP contribution is -2.37. The van der Waals surface area contributed by atoms with E-state index in [1.54, 1.807) is 50.4 Å². The first-order chi connectivity index (χ1) is 9.52. The number of carbonyl (C=O) groups excluding carboxylic acids is 2. The van der Waals surface area contributed by atoms with Crippen LogP contribution in [0.25, 0.3) is 11.0 Å². The molecule has 6 nitrogen and oxygen atoms in total. The number of aromatic nitrogens is 2. The van der Waals surface area contributed by atoms with Crippen LogP contribution in [0, 0.1) is 5.92 Å². The summed E-state index contributed by atoms with van der Waals surface area (Å²) in [4.78, 5) is 32.4. The quantitative estimate of drug-likeness (QED) is 0.873. The van der Waals surface area contributed by atoms with E-state index in [0.717, 1.165) is 11.0 Å². The number of carbonyl (C=O) groups is 2. The molecule has 0 spiro atoms. The molecule has 0 fully saturated rings. The fraction of sp³-hybridized carbons (Fsp3) is 0.357. The van der Waals surface area contributed by atoms with E-state index >= 15 is 0 Å². The molecule has 0 bridgehead atoms. The molecule has 106 valence electrons. The number of rotatable bonds is 4. The second-order valence-electron chi connectivity index (χ2n) is 4.84. The molecule has 2 N–H and O–H groups in total. The third-order valence-corrected chi connectivity index (χ3v) is 3.26. The molecule has 2 amide bonds. The molecule has 1 atom stereocenters. The van der Waals surface area contributed by atoms with Crippen LogP contribution in [0.5, 0.6) is 0 Å². The first-order valence-corrected chi connectivity index (χ1v) is 6.43. The van der Waals surface area contributed by atoms with Crippen molar-refractivity contribution < 1.29 is 9.59 Å². The molecule has 2 rings (SSSR count). The molecule has 0 saturated carbocycles. The minimum Gasteiger partial charge on any atom is -0.359 e. The largest absolute Gasteiger partial charge is 0.359 e. The summed E-state index contributed by atoms with van der Waals surface area (Å²) in [5, 5.41) is 2.58. The van der Waals surface area contributed by atoms with Gasteiger partial charge in [-0.1, -0.05) is 6.92 Å². The van der Waals surface area contributed by atoms with Gasteiger partial charge in [0.1, 0.15) is 0 Å². The maximum atomic E-state index is 12.3. The highest BCUT2D eigenvalue weighted by Gasteiger charge is 2.18. The van der Waals surface area contributed by atoms with Gasteiger partial charge in [-0.15, -0.1) is 0 Å². The summed E-state index contributed by atoms with van der Waals surface area (Å²) in [5.41, 5.74) is 2.22. The summed E-state index contributed by atoms with van der Waals surface area (Å²) in [7, 11) is 3.28. The highest BCUT2D eigenvalue weighted by atomic mass is 16.2. The number of hydrogen-bond donors (Lipinski definition) is 2. The van der Waals surface area contributed by atoms with Gasteiger partial charge in [-0.25, -0.2) is 4.98 Å². The molecular formula is C14H18N4O2. The minimum atomic E-state index is -0.246. The molecule has 1 aromatic carbocycles. The number of hydrogen-bond acceptors (Lipinski definition) is 3. The number of H-pyrrole nitrogens is 1. The summed E-state index contributed by atoms with van der Waals surface area (Å²) in [6.07, 6.45) is 1.59. The number of imidazole rings is 1. The maximum absolute atomic E-state index is 12.3. The Morgan fingerprint density at radius 2 is 2.20 bits per heavy atom. The minimum absolute atomic E-state index is 0.0753. The van der Waals surface area contributed by atoms with Crippen LogP contribution in [0.1, 0.15) is 17.3 Å². The summed E-state index contributed by atoms with van der Waals surface area (Å²) < 4.78 is 0. The van der Waals surface area contributed by atoms with Gasteiger partial charge in [-0.3, -0.25) is 9.59 Å². The Kier molecular flexibility index (Phi) is 4.02. The van der Waals surface area contributed by atoms with Crippen LogP contribution in [0.4, 0.5) is 0 Å². The molecule has 2 aromatic rings. The first-order valence-electron chi connectivity index (χ1n) is 6.43. The van der Waals surface area contributed by atoms with Crippen LogP contribution < -0.4 is 5.32 Å². The lowest BCUT2D eigenvalue weighted by molar-refractivity contribution is -0.124. The van der Waals surface area contributed by atoms with Gasteiger partial charge in [0.05, 0.1) is 23.3 Å². The van der Waals surface area contributed by atoms with Crippen molar-refractivity contribution >= 4 is 22.8 Å². The second kappa shape index (κ2) is 5.73. The van der Waals surface area contributed by atoms with Crippen LogP contribution in [0.15, 0.2) is 24.5 Å². The zero-order valence-corrected chi connectivity index (χ0v) is 11.8. The third kappa shape index (κ3) is 2.79. The van der Waals surface area contributed by atoms with Crippen molar-refractivity contribution in [2.75, 3.05) is 20.6 Å². The van der Waals surface area contributed by atoms with Crippen LogP contribution in [0.3, 0.4) is 0 Å². The molecule has 1 aromatic heterocycles. The molecule has 0 saturated heterocycles. The molecule has 20 heavy (non-hydrogen) atoms. The monoisotopic (exact) mass is 274 g/mol. The van der Waals surface area contributed by atoms with Gasteiger partial charge < -0.3 is 15.2 Å². The molecule has 0 aliphatic carbocycles. The highest BCUT2D eigenvalue weighted by Crippen LogP contribution is 2.13. The smallest absolute Gasteiger partial charge is 0.253 e. The summed E-state index contributed by atoms with van der Waals surface area (Å²) in [6, 6.07) is 5.31. The van der Waals surface area contributed by atoms with E-state index in [1.165, 1.54) is 0 Å². The Morgan fingerprint density at radius 3 is 2.90 bits per heavy atom. The number of amides is 2. The van der Waals surface area contributed by atoms with Crippen LogP contribution >= 0.6 is 0 Å². The third-order valence-electron chi connectivity index (χ3n) is 3.26. The van der Waals surface area contributed by atoms with E-state index in [1.807, 2.05) is 0 Å². The van der Waals surface area contributed by atoms with Crippen LogP contribution in [-0.4, -0.2) is 47.3 Å². The number of aromatic amines is 1. The molecule has 1 unspecified atom stereocenters. The van der Waals surface area contributed by atoms with Gasteiger partial charge in [-0.2, -0.15) is 0 Å². The van der Waals surface area contributed by atoms with Gasteiger partial charge >= 0.3 is 0 Å². The Bertz CT molecular complexity index is 635. The van der Waals surface area contributed by atoms with Crippen molar-refractivity contribution in [3.63, 3.8) is 0 Å². The normalized spacial score (nSPS) is 12.2. The van der Waals surface area contributed by atoms with Gasteiger partial charge in [0.25, 0.3) is 5.91 Å². The number of fused-ring (bicyclic) bond motifs is 1. The topological polar surface area (TPSA) is 78.1 Å². The van der Waals surface area contributed by atoms with Crippen molar-refractivity contribution in [1.29, 1.82) is 0 Å². The van der Waals surface area contributed by atoms with Crippen molar-refractivity contribution in [2.45, 2.75) is 6.92 Å². The predicted molar refractivity (Wildman–Crippen MR) is 76.3 cm³/mol. The number of nitrogens with zero attached hydrogens (tertiary/aromatic N) is 2. The number of benzene rings is 1. The molecule has 0 radical (unpaired) electrons. The van der Waals surface area contributed by atoms with Gasteiger partial charge in [0.2, 0.25) is 5.91 Å². The van der Waals surface area contributed by atoms with Gasteiger partial charge in [0.15, 0.2) is 0 Å². The van der Waals surface area contributed by atoms with E-state index < -0.39 is 0 Å². The average Bonchev–Trinajstić information content (AvgIpc) is 2.92. The first kappa shape index (κ1) is 14.0. The Morgan fingerprint density at radius 1 is 1.45 bits per heavy atom. The lowest BCUT2D eigenvalue weighted by Gasteiger charge is -2.20. The van der Waals surface area contributed by atoms with Crippen molar-refractivity contribution in [2.24, 2.45) is 5.92 Å². The van der Waals surface area contributed by atoms with E-state index in [-0.39, 0.29) is 17.7 Å². The van der Waals surface area contributed by atoms with E-state index in [0.29, 0.717) is 12.1 Å². The van der Waals surface area contributed by atoms with Crippen molar-refractivity contribution in [1.82, 2.24) is 20.2 Å². The predicted octanol–water partition coefficient (Wildman–Crippen LogP) is 1.02. The van der Waals surface area contributed by atoms with Gasteiger partial charge in [0, 0.05) is 26.2 Å². The van der Waals surface area contributed by atoms with Crippen LogP contribution in [-0.2, 0) is 4.79 Å². The molecular weight excluding hydrogens is 256 g/mol. The fourth-order valence-corrected chi connectivity index (χ4v) is 2.11. The summed E-state index contributed by atoms with van der Waals surface area (Å²) >= 11 is 0. The fourth-order valence-electron chi connectivity index (χ4n) is 2.11. The highest BCUT2D eigenvalue weighted by molar-refractivity contribution is 5.97. The molecule has 0 aliphatic rings. The Labute approximate surface area is 117 Å². The van der Waals surface area contributed by atoms with Crippen molar-refractivity contribution in [3.8, 4) is 0 Å². The maximum Gasteiger partial charge on any atom is 0.253 e. The van der Waals surface area contributed by atoms with E-state index in [4.69, 9.17) is 0 Å². The SMILES string of the molecule is CNC(=O)C(C)CN(C)C(=O)c1ccc2nc[nH]c2c1. The lowest BCUT2D eigenvalue weighted by atomic mass is 10.1. The zero-order chi connectivity index (χ0) is 14.7. The molecule has 1 heterocycles. The number of nitrogens with one attached hydrogen (secondary N) is 2. The van der Waals surface area contributed by atoms with Crippen molar-refractivity contribution in [3.05, 3.63) is 30.1 Å². The Balaban J connectivity index is 2.11. The Hall–Kier alpha value is -2.37. The zero-order valence-electron chi connectivity index (χ0n) is 11.8. The summed E-state index contributed by atoms with van der Waals surface area (Å²) in [5.74, 6) is -0.434. The van der Waals surface area contributed by atoms with E-state index in [9.17, 15) is 9.59 Å².